The predicted molar refractivity (Wildman–Crippen MR) is 199 cm³/mol. The summed E-state index contributed by atoms with van der Waals surface area (Å²) in [5, 5.41) is 7.52. The molecule has 224 valence electrons. The molecule has 0 unspecified atom stereocenters. The molecule has 0 aliphatic heterocycles. The van der Waals surface area contributed by atoms with Crippen molar-refractivity contribution in [1.82, 2.24) is 0 Å². The van der Waals surface area contributed by atoms with Gasteiger partial charge in [-0.25, -0.2) is 0 Å². The van der Waals surface area contributed by atoms with Crippen LogP contribution in [0.1, 0.15) is 25.0 Å². The molecule has 9 rings (SSSR count). The van der Waals surface area contributed by atoms with Crippen LogP contribution in [0.3, 0.4) is 0 Å². The van der Waals surface area contributed by atoms with Crippen LogP contribution < -0.4 is 4.74 Å². The minimum atomic E-state index is -0.0334. The number of fused-ring (bicyclic) bond motifs is 6. The lowest BCUT2D eigenvalue weighted by atomic mass is 9.81. The summed E-state index contributed by atoms with van der Waals surface area (Å²) in [7, 11) is 1.72. The van der Waals surface area contributed by atoms with E-state index in [1.807, 2.05) is 0 Å². The zero-order valence-electron chi connectivity index (χ0n) is 26.8. The van der Waals surface area contributed by atoms with E-state index in [1.54, 1.807) is 7.11 Å². The maximum atomic E-state index is 5.53. The molecule has 0 saturated carbocycles. The van der Waals surface area contributed by atoms with Gasteiger partial charge in [-0.1, -0.05) is 141 Å². The highest BCUT2D eigenvalue weighted by Gasteiger charge is 2.35. The van der Waals surface area contributed by atoms with Gasteiger partial charge in [0.05, 0.1) is 7.11 Å². The van der Waals surface area contributed by atoms with Crippen molar-refractivity contribution in [2.24, 2.45) is 0 Å². The van der Waals surface area contributed by atoms with E-state index < -0.39 is 0 Å². The lowest BCUT2D eigenvalue weighted by molar-refractivity contribution is 0.415. The summed E-state index contributed by atoms with van der Waals surface area (Å²) in [5.41, 5.74) is 12.9. The zero-order valence-corrected chi connectivity index (χ0v) is 26.8. The molecule has 0 radical (unpaired) electrons. The summed E-state index contributed by atoms with van der Waals surface area (Å²) in [5.74, 6) is 0.860. The van der Waals surface area contributed by atoms with E-state index in [9.17, 15) is 0 Å². The van der Waals surface area contributed by atoms with Gasteiger partial charge in [0.2, 0.25) is 0 Å². The molecule has 0 fully saturated rings. The SMILES string of the molecule is COc1ccc(-c2c3ccccc3c(-c3ccc4c(c3)-c3ccccc3C4(C)C)c3cc(-c4cccc5ccccc45)ccc23)cc1. The first-order chi connectivity index (χ1) is 23.0. The average molecular weight is 603 g/mol. The normalized spacial score (nSPS) is 13.2. The Bertz CT molecular complexity index is 2510. The molecule has 1 nitrogen and oxygen atoms in total. The molecule has 0 bridgehead atoms. The Morgan fingerprint density at radius 1 is 0.404 bits per heavy atom. The highest BCUT2D eigenvalue weighted by molar-refractivity contribution is 6.22. The third-order valence-corrected chi connectivity index (χ3v) is 10.4. The molecular weight excluding hydrogens is 569 g/mol. The van der Waals surface area contributed by atoms with E-state index in [2.05, 4.69) is 166 Å². The first-order valence-electron chi connectivity index (χ1n) is 16.4. The zero-order chi connectivity index (χ0) is 31.7. The van der Waals surface area contributed by atoms with Crippen molar-refractivity contribution in [3.05, 3.63) is 163 Å². The summed E-state index contributed by atoms with van der Waals surface area (Å²) in [6, 6.07) is 55.9. The first kappa shape index (κ1) is 27.6. The molecule has 0 aromatic heterocycles. The van der Waals surface area contributed by atoms with Gasteiger partial charge in [-0.2, -0.15) is 0 Å². The van der Waals surface area contributed by atoms with Gasteiger partial charge < -0.3 is 4.74 Å². The van der Waals surface area contributed by atoms with E-state index in [4.69, 9.17) is 4.74 Å². The second-order valence-corrected chi connectivity index (χ2v) is 13.2. The standard InChI is InChI=1S/C46H34O/c1-46(2)42-18-9-8-14-36(42)40-28-32(22-26-43(40)46)45-38-16-7-6-15-37(38)44(30-19-23-33(47-3)24-20-30)39-25-21-31(27-41(39)45)35-17-10-12-29-11-4-5-13-34(29)35/h4-28H,1-3H3. The van der Waals surface area contributed by atoms with Crippen LogP contribution in [-0.2, 0) is 5.41 Å². The topological polar surface area (TPSA) is 9.23 Å². The predicted octanol–water partition coefficient (Wildman–Crippen LogP) is 12.5. The van der Waals surface area contributed by atoms with Crippen LogP contribution in [-0.4, -0.2) is 7.11 Å². The average Bonchev–Trinajstić information content (AvgIpc) is 3.35. The molecule has 0 saturated heterocycles. The third kappa shape index (κ3) is 4.16. The first-order valence-corrected chi connectivity index (χ1v) is 16.4. The molecular formula is C46H34O. The summed E-state index contributed by atoms with van der Waals surface area (Å²) >= 11 is 0. The van der Waals surface area contributed by atoms with Gasteiger partial charge in [0.1, 0.15) is 5.75 Å². The second kappa shape index (κ2) is 10.4. The van der Waals surface area contributed by atoms with Crippen molar-refractivity contribution in [2.45, 2.75) is 19.3 Å². The minimum absolute atomic E-state index is 0.0334. The van der Waals surface area contributed by atoms with Gasteiger partial charge in [0.15, 0.2) is 0 Å². The smallest absolute Gasteiger partial charge is 0.118 e. The summed E-state index contributed by atoms with van der Waals surface area (Å²) < 4.78 is 5.53. The number of methoxy groups -OCH3 is 1. The highest BCUT2D eigenvalue weighted by Crippen LogP contribution is 2.51. The number of benzene rings is 8. The minimum Gasteiger partial charge on any atom is -0.497 e. The van der Waals surface area contributed by atoms with Crippen LogP contribution in [0, 0.1) is 0 Å². The van der Waals surface area contributed by atoms with Gasteiger partial charge in [0, 0.05) is 5.41 Å². The van der Waals surface area contributed by atoms with Crippen LogP contribution in [0.15, 0.2) is 152 Å². The van der Waals surface area contributed by atoms with Gasteiger partial charge in [-0.15, -0.1) is 0 Å². The van der Waals surface area contributed by atoms with E-state index in [0.29, 0.717) is 0 Å². The third-order valence-electron chi connectivity index (χ3n) is 10.4. The Balaban J connectivity index is 1.39. The highest BCUT2D eigenvalue weighted by atomic mass is 16.5. The van der Waals surface area contributed by atoms with Crippen molar-refractivity contribution in [2.75, 3.05) is 7.11 Å². The maximum Gasteiger partial charge on any atom is 0.118 e. The molecule has 0 heterocycles. The molecule has 1 heteroatoms. The molecule has 0 N–H and O–H groups in total. The van der Waals surface area contributed by atoms with Gasteiger partial charge >= 0.3 is 0 Å². The fraction of sp³-hybridized carbons (Fsp3) is 0.0870. The van der Waals surface area contributed by atoms with Crippen molar-refractivity contribution < 1.29 is 4.74 Å². The monoisotopic (exact) mass is 602 g/mol. The fourth-order valence-corrected chi connectivity index (χ4v) is 8.08. The molecule has 1 aliphatic rings. The van der Waals surface area contributed by atoms with Crippen molar-refractivity contribution in [3.63, 3.8) is 0 Å². The molecule has 8 aromatic rings. The van der Waals surface area contributed by atoms with Gasteiger partial charge in [-0.3, -0.25) is 0 Å². The van der Waals surface area contributed by atoms with Crippen molar-refractivity contribution in [1.29, 1.82) is 0 Å². The van der Waals surface area contributed by atoms with Crippen LogP contribution >= 0.6 is 0 Å². The van der Waals surface area contributed by atoms with E-state index >= 15 is 0 Å². The number of hydrogen-bond acceptors (Lipinski definition) is 1. The van der Waals surface area contributed by atoms with Crippen molar-refractivity contribution in [3.8, 4) is 50.3 Å². The van der Waals surface area contributed by atoms with E-state index in [1.165, 1.54) is 88.0 Å². The molecule has 1 aliphatic carbocycles. The summed E-state index contributed by atoms with van der Waals surface area (Å²) in [4.78, 5) is 0. The Morgan fingerprint density at radius 2 is 0.979 bits per heavy atom. The van der Waals surface area contributed by atoms with Gasteiger partial charge in [-0.05, 0) is 112 Å². The van der Waals surface area contributed by atoms with Gasteiger partial charge in [0.25, 0.3) is 0 Å². The Morgan fingerprint density at radius 3 is 1.77 bits per heavy atom. The van der Waals surface area contributed by atoms with Crippen LogP contribution in [0.5, 0.6) is 5.75 Å². The fourth-order valence-electron chi connectivity index (χ4n) is 8.08. The maximum absolute atomic E-state index is 5.53. The largest absolute Gasteiger partial charge is 0.497 e. The lowest BCUT2D eigenvalue weighted by Gasteiger charge is -2.22. The molecule has 8 aromatic carbocycles. The molecule has 0 atom stereocenters. The quantitative estimate of drug-likeness (QED) is 0.182. The summed E-state index contributed by atoms with van der Waals surface area (Å²) in [6.45, 7) is 4.70. The lowest BCUT2D eigenvalue weighted by Crippen LogP contribution is -2.14. The Labute approximate surface area is 275 Å². The molecule has 0 spiro atoms. The van der Waals surface area contributed by atoms with Crippen molar-refractivity contribution >= 4 is 32.3 Å². The summed E-state index contributed by atoms with van der Waals surface area (Å²) in [6.07, 6.45) is 0. The van der Waals surface area contributed by atoms with E-state index in [-0.39, 0.29) is 5.41 Å². The van der Waals surface area contributed by atoms with Crippen LogP contribution in [0.2, 0.25) is 0 Å². The number of hydrogen-bond donors (Lipinski definition) is 0. The van der Waals surface area contributed by atoms with E-state index in [0.717, 1.165) is 5.75 Å². The molecule has 47 heavy (non-hydrogen) atoms. The Kier molecular flexibility index (Phi) is 6.14. The Hall–Kier alpha value is -5.66. The second-order valence-electron chi connectivity index (χ2n) is 13.2. The van der Waals surface area contributed by atoms with Crippen LogP contribution in [0.25, 0.3) is 76.8 Å². The van der Waals surface area contributed by atoms with Crippen LogP contribution in [0.4, 0.5) is 0 Å². The molecule has 0 amide bonds. The number of rotatable bonds is 4. The number of ether oxygens (including phenoxy) is 1.